The van der Waals surface area contributed by atoms with Gasteiger partial charge in [0.1, 0.15) is 0 Å². The van der Waals surface area contributed by atoms with Crippen molar-refractivity contribution >= 4 is 5.97 Å². The van der Waals surface area contributed by atoms with E-state index in [0.717, 1.165) is 18.5 Å². The van der Waals surface area contributed by atoms with Gasteiger partial charge in [0.25, 0.3) is 0 Å². The maximum Gasteiger partial charge on any atom is 0.304 e. The first-order valence-electron chi connectivity index (χ1n) is 5.85. The van der Waals surface area contributed by atoms with Gasteiger partial charge < -0.3 is 15.2 Å². The molecule has 2 atom stereocenters. The van der Waals surface area contributed by atoms with E-state index in [2.05, 4.69) is 5.32 Å². The van der Waals surface area contributed by atoms with E-state index >= 15 is 0 Å². The van der Waals surface area contributed by atoms with Crippen LogP contribution < -0.4 is 5.32 Å². The first-order valence-corrected chi connectivity index (χ1v) is 5.85. The van der Waals surface area contributed by atoms with Crippen LogP contribution >= 0.6 is 0 Å². The Hall–Kier alpha value is -1.39. The number of carbonyl (C=O) groups is 1. The molecule has 1 fully saturated rings. The second kappa shape index (κ2) is 5.80. The maximum absolute atomic E-state index is 10.6. The summed E-state index contributed by atoms with van der Waals surface area (Å²) in [7, 11) is 0. The molecule has 2 N–H and O–H groups in total. The summed E-state index contributed by atoms with van der Waals surface area (Å²) in [6, 6.07) is 10.0. The van der Waals surface area contributed by atoms with Gasteiger partial charge in [0.2, 0.25) is 0 Å². The predicted octanol–water partition coefficient (Wildman–Crippen LogP) is 1.41. The van der Waals surface area contributed by atoms with E-state index in [1.165, 1.54) is 0 Å². The summed E-state index contributed by atoms with van der Waals surface area (Å²) < 4.78 is 5.75. The third-order valence-corrected chi connectivity index (χ3v) is 2.93. The molecule has 0 unspecified atom stereocenters. The molecule has 4 heteroatoms. The van der Waals surface area contributed by atoms with Gasteiger partial charge in [-0.25, -0.2) is 0 Å². The quantitative estimate of drug-likeness (QED) is 0.810. The van der Waals surface area contributed by atoms with Crippen molar-refractivity contribution in [3.63, 3.8) is 0 Å². The van der Waals surface area contributed by atoms with Crippen molar-refractivity contribution in [3.8, 4) is 0 Å². The lowest BCUT2D eigenvalue weighted by molar-refractivity contribution is -0.137. The molecular formula is C13H17NO3. The average molecular weight is 235 g/mol. The summed E-state index contributed by atoms with van der Waals surface area (Å²) in [4.78, 5) is 10.6. The topological polar surface area (TPSA) is 58.6 Å². The number of carboxylic acid groups (broad SMARTS) is 1. The van der Waals surface area contributed by atoms with E-state index in [9.17, 15) is 4.79 Å². The van der Waals surface area contributed by atoms with Gasteiger partial charge in [-0.1, -0.05) is 30.3 Å². The molecule has 92 valence electrons. The van der Waals surface area contributed by atoms with Gasteiger partial charge >= 0.3 is 5.97 Å². The van der Waals surface area contributed by atoms with Crippen molar-refractivity contribution in [2.24, 2.45) is 0 Å². The second-order valence-corrected chi connectivity index (χ2v) is 4.36. The highest BCUT2D eigenvalue weighted by Gasteiger charge is 2.26. The summed E-state index contributed by atoms with van der Waals surface area (Å²) in [5.74, 6) is -0.758. The molecule has 1 saturated heterocycles. The monoisotopic (exact) mass is 235 g/mol. The Morgan fingerprint density at radius 1 is 1.41 bits per heavy atom. The smallest absolute Gasteiger partial charge is 0.304 e. The molecule has 0 amide bonds. The SMILES string of the molecule is O=C(O)C[C@H]1C[C@H](OCc2ccccc2)CN1. The van der Waals surface area contributed by atoms with Gasteiger partial charge in [0.05, 0.1) is 19.1 Å². The van der Waals surface area contributed by atoms with E-state index in [1.54, 1.807) is 0 Å². The van der Waals surface area contributed by atoms with Crippen molar-refractivity contribution in [2.45, 2.75) is 31.6 Å². The van der Waals surface area contributed by atoms with Crippen LogP contribution in [0.1, 0.15) is 18.4 Å². The predicted molar refractivity (Wildman–Crippen MR) is 63.7 cm³/mol. The lowest BCUT2D eigenvalue weighted by Crippen LogP contribution is -2.24. The highest BCUT2D eigenvalue weighted by molar-refractivity contribution is 5.67. The molecule has 1 aliphatic heterocycles. The average Bonchev–Trinajstić information content (AvgIpc) is 2.75. The zero-order chi connectivity index (χ0) is 12.1. The van der Waals surface area contributed by atoms with Crippen LogP contribution in [0.25, 0.3) is 0 Å². The largest absolute Gasteiger partial charge is 0.481 e. The zero-order valence-corrected chi connectivity index (χ0v) is 9.63. The van der Waals surface area contributed by atoms with Crippen LogP contribution in [0.5, 0.6) is 0 Å². The summed E-state index contributed by atoms with van der Waals surface area (Å²) in [6.07, 6.45) is 1.07. The van der Waals surface area contributed by atoms with Crippen LogP contribution in [0.15, 0.2) is 30.3 Å². The van der Waals surface area contributed by atoms with Crippen molar-refractivity contribution in [3.05, 3.63) is 35.9 Å². The summed E-state index contributed by atoms with van der Waals surface area (Å²) in [5, 5.41) is 11.9. The number of carboxylic acids is 1. The molecule has 0 aliphatic carbocycles. The Morgan fingerprint density at radius 2 is 2.18 bits per heavy atom. The molecule has 0 aromatic heterocycles. The molecule has 1 aromatic carbocycles. The van der Waals surface area contributed by atoms with Crippen LogP contribution in [0.4, 0.5) is 0 Å². The lowest BCUT2D eigenvalue weighted by Gasteiger charge is -2.10. The minimum absolute atomic E-state index is 0.0493. The Morgan fingerprint density at radius 3 is 2.88 bits per heavy atom. The molecular weight excluding hydrogens is 218 g/mol. The van der Waals surface area contributed by atoms with E-state index in [0.29, 0.717) is 6.61 Å². The molecule has 1 aliphatic rings. The number of aliphatic carboxylic acids is 1. The Kier molecular flexibility index (Phi) is 4.12. The van der Waals surface area contributed by atoms with Crippen molar-refractivity contribution in [1.29, 1.82) is 0 Å². The summed E-state index contributed by atoms with van der Waals surface area (Å²) in [5.41, 5.74) is 1.15. The van der Waals surface area contributed by atoms with Crippen molar-refractivity contribution < 1.29 is 14.6 Å². The molecule has 1 heterocycles. The first-order chi connectivity index (χ1) is 8.24. The number of ether oxygens (including phenoxy) is 1. The fraction of sp³-hybridized carbons (Fsp3) is 0.462. The number of hydrogen-bond acceptors (Lipinski definition) is 3. The molecule has 0 spiro atoms. The van der Waals surface area contributed by atoms with Crippen LogP contribution in [-0.4, -0.2) is 29.8 Å². The highest BCUT2D eigenvalue weighted by atomic mass is 16.5. The van der Waals surface area contributed by atoms with E-state index < -0.39 is 5.97 Å². The Labute approximate surface area is 101 Å². The third kappa shape index (κ3) is 3.84. The second-order valence-electron chi connectivity index (χ2n) is 4.36. The maximum atomic E-state index is 10.6. The molecule has 0 saturated carbocycles. The Balaban J connectivity index is 1.73. The van der Waals surface area contributed by atoms with E-state index in [4.69, 9.17) is 9.84 Å². The fourth-order valence-corrected chi connectivity index (χ4v) is 2.06. The molecule has 0 bridgehead atoms. The number of rotatable bonds is 5. The molecule has 2 rings (SSSR count). The van der Waals surface area contributed by atoms with Crippen LogP contribution in [0.2, 0.25) is 0 Å². The van der Waals surface area contributed by atoms with Gasteiger partial charge in [-0.3, -0.25) is 4.79 Å². The third-order valence-electron chi connectivity index (χ3n) is 2.93. The number of nitrogens with one attached hydrogen (secondary N) is 1. The standard InChI is InChI=1S/C13H17NO3/c15-13(16)7-11-6-12(8-14-11)17-9-10-4-2-1-3-5-10/h1-5,11-12,14H,6-9H2,(H,15,16)/t11-,12+/m1/s1. The summed E-state index contributed by atoms with van der Waals surface area (Å²) in [6.45, 7) is 1.33. The lowest BCUT2D eigenvalue weighted by atomic mass is 10.1. The van der Waals surface area contributed by atoms with Crippen molar-refractivity contribution in [1.82, 2.24) is 5.32 Å². The van der Waals surface area contributed by atoms with Gasteiger partial charge in [-0.15, -0.1) is 0 Å². The molecule has 4 nitrogen and oxygen atoms in total. The summed E-state index contributed by atoms with van der Waals surface area (Å²) >= 11 is 0. The van der Waals surface area contributed by atoms with Crippen LogP contribution in [-0.2, 0) is 16.1 Å². The highest BCUT2D eigenvalue weighted by Crippen LogP contribution is 2.15. The molecule has 0 radical (unpaired) electrons. The molecule has 1 aromatic rings. The minimum atomic E-state index is -0.758. The first kappa shape index (κ1) is 12.1. The van der Waals surface area contributed by atoms with E-state index in [1.807, 2.05) is 30.3 Å². The number of hydrogen-bond donors (Lipinski definition) is 2. The zero-order valence-electron chi connectivity index (χ0n) is 9.63. The molecule has 17 heavy (non-hydrogen) atoms. The van der Waals surface area contributed by atoms with Gasteiger partial charge in [0.15, 0.2) is 0 Å². The fourth-order valence-electron chi connectivity index (χ4n) is 2.06. The van der Waals surface area contributed by atoms with Gasteiger partial charge in [-0.05, 0) is 12.0 Å². The minimum Gasteiger partial charge on any atom is -0.481 e. The van der Waals surface area contributed by atoms with Gasteiger partial charge in [0, 0.05) is 12.6 Å². The number of benzene rings is 1. The van der Waals surface area contributed by atoms with Gasteiger partial charge in [-0.2, -0.15) is 0 Å². The van der Waals surface area contributed by atoms with Crippen LogP contribution in [0.3, 0.4) is 0 Å². The van der Waals surface area contributed by atoms with E-state index in [-0.39, 0.29) is 18.6 Å². The Bertz CT molecular complexity index is 366. The van der Waals surface area contributed by atoms with Crippen molar-refractivity contribution in [2.75, 3.05) is 6.54 Å². The normalized spacial score (nSPS) is 23.8. The van der Waals surface area contributed by atoms with Crippen LogP contribution in [0, 0.1) is 0 Å².